The molecule has 2 aromatic rings. The van der Waals surface area contributed by atoms with Gasteiger partial charge in [0.05, 0.1) is 17.7 Å². The smallest absolute Gasteiger partial charge is 0.258 e. The molecule has 0 aromatic heterocycles. The summed E-state index contributed by atoms with van der Waals surface area (Å²) >= 11 is 0. The van der Waals surface area contributed by atoms with Crippen molar-refractivity contribution < 1.29 is 29.3 Å². The van der Waals surface area contributed by atoms with Crippen molar-refractivity contribution in [1.29, 1.82) is 0 Å². The molecule has 1 fully saturated rings. The number of fused-ring (bicyclic) bond motifs is 1. The lowest BCUT2D eigenvalue weighted by Gasteiger charge is -2.26. The Kier molecular flexibility index (Phi) is 8.17. The number of carbonyl (C=O) groups excluding carboxylic acids is 3. The topological polar surface area (TPSA) is 123 Å². The maximum absolute atomic E-state index is 13.3. The van der Waals surface area contributed by atoms with E-state index in [1.165, 1.54) is 11.0 Å². The molecule has 198 valence electrons. The summed E-state index contributed by atoms with van der Waals surface area (Å²) in [5.41, 5.74) is 1.87. The molecule has 0 atom stereocenters. The lowest BCUT2D eigenvalue weighted by Crippen LogP contribution is -2.48. The maximum atomic E-state index is 13.3. The number of benzene rings is 2. The number of amides is 3. The third-order valence-electron chi connectivity index (χ3n) is 6.75. The Hall–Kier alpha value is -3.79. The van der Waals surface area contributed by atoms with Crippen LogP contribution in [-0.2, 0) is 17.9 Å². The molecule has 1 saturated heterocycles. The van der Waals surface area contributed by atoms with E-state index in [-0.39, 0.29) is 28.5 Å². The van der Waals surface area contributed by atoms with Crippen molar-refractivity contribution in [1.82, 2.24) is 20.0 Å². The number of ether oxygens (including phenoxy) is 1. The molecule has 3 N–H and O–H groups in total. The molecular formula is C27H34N4O6. The summed E-state index contributed by atoms with van der Waals surface area (Å²) in [4.78, 5) is 42.8. The van der Waals surface area contributed by atoms with Crippen molar-refractivity contribution in [2.24, 2.45) is 0 Å². The van der Waals surface area contributed by atoms with Crippen molar-refractivity contribution >= 4 is 17.7 Å². The number of unbranched alkanes of at least 4 members (excludes halogenated alkanes) is 1. The van der Waals surface area contributed by atoms with Crippen molar-refractivity contribution in [3.63, 3.8) is 0 Å². The van der Waals surface area contributed by atoms with Gasteiger partial charge in [0.1, 0.15) is 23.9 Å². The molecule has 0 radical (unpaired) electrons. The van der Waals surface area contributed by atoms with Crippen LogP contribution >= 0.6 is 0 Å². The van der Waals surface area contributed by atoms with Crippen molar-refractivity contribution in [2.45, 2.75) is 32.9 Å². The number of nitrogens with one attached hydrogen (secondary N) is 1. The van der Waals surface area contributed by atoms with Gasteiger partial charge in [0.2, 0.25) is 5.91 Å². The van der Waals surface area contributed by atoms with Gasteiger partial charge in [0.15, 0.2) is 0 Å². The van der Waals surface area contributed by atoms with Gasteiger partial charge in [0.25, 0.3) is 11.8 Å². The molecule has 10 nitrogen and oxygen atoms in total. The monoisotopic (exact) mass is 510 g/mol. The number of phenolic OH excluding ortho intramolecular Hbond substituents is 2. The number of nitrogens with zero attached hydrogens (tertiary/aromatic N) is 3. The second-order valence-corrected chi connectivity index (χ2v) is 9.53. The predicted octanol–water partition coefficient (Wildman–Crippen LogP) is 1.94. The molecule has 0 aliphatic carbocycles. The molecule has 3 amide bonds. The van der Waals surface area contributed by atoms with Crippen LogP contribution in [0.5, 0.6) is 17.2 Å². The molecule has 0 saturated carbocycles. The van der Waals surface area contributed by atoms with Crippen LogP contribution in [0.3, 0.4) is 0 Å². The predicted molar refractivity (Wildman–Crippen MR) is 137 cm³/mol. The summed E-state index contributed by atoms with van der Waals surface area (Å²) in [6.45, 7) is 6.13. The van der Waals surface area contributed by atoms with E-state index in [0.717, 1.165) is 36.6 Å². The third kappa shape index (κ3) is 6.14. The van der Waals surface area contributed by atoms with E-state index in [1.807, 2.05) is 30.0 Å². The molecular weight excluding hydrogens is 476 g/mol. The van der Waals surface area contributed by atoms with Crippen molar-refractivity contribution in [2.75, 3.05) is 46.4 Å². The molecule has 37 heavy (non-hydrogen) atoms. The van der Waals surface area contributed by atoms with Crippen molar-refractivity contribution in [3.05, 3.63) is 52.6 Å². The van der Waals surface area contributed by atoms with Crippen LogP contribution in [0.2, 0.25) is 0 Å². The van der Waals surface area contributed by atoms with Gasteiger partial charge >= 0.3 is 0 Å². The minimum atomic E-state index is -0.426. The quantitative estimate of drug-likeness (QED) is 0.471. The summed E-state index contributed by atoms with van der Waals surface area (Å²) in [6.07, 6.45) is 1.74. The van der Waals surface area contributed by atoms with Crippen molar-refractivity contribution in [3.8, 4) is 17.2 Å². The number of hydrogen-bond acceptors (Lipinski definition) is 7. The van der Waals surface area contributed by atoms with E-state index in [0.29, 0.717) is 51.6 Å². The molecule has 0 bridgehead atoms. The summed E-state index contributed by atoms with van der Waals surface area (Å²) in [5.74, 6) is -0.861. The van der Waals surface area contributed by atoms with E-state index >= 15 is 0 Å². The molecule has 2 aromatic carbocycles. The Labute approximate surface area is 216 Å². The normalized spacial score (nSPS) is 15.3. The zero-order valence-corrected chi connectivity index (χ0v) is 21.3. The van der Waals surface area contributed by atoms with Crippen LogP contribution in [0, 0.1) is 0 Å². The molecule has 0 spiro atoms. The Morgan fingerprint density at radius 1 is 1.05 bits per heavy atom. The number of carbonyl (C=O) groups is 3. The van der Waals surface area contributed by atoms with Crippen LogP contribution in [-0.4, -0.2) is 89.0 Å². The number of aromatic hydroxyl groups is 2. The van der Waals surface area contributed by atoms with E-state index in [2.05, 4.69) is 5.32 Å². The lowest BCUT2D eigenvalue weighted by atomic mass is 10.1. The fourth-order valence-electron chi connectivity index (χ4n) is 4.57. The summed E-state index contributed by atoms with van der Waals surface area (Å²) in [7, 11) is 1.64. The molecule has 10 heteroatoms. The average molecular weight is 511 g/mol. The van der Waals surface area contributed by atoms with Crippen LogP contribution < -0.4 is 10.1 Å². The maximum Gasteiger partial charge on any atom is 0.258 e. The first kappa shape index (κ1) is 26.3. The van der Waals surface area contributed by atoms with Gasteiger partial charge in [-0.05, 0) is 35.7 Å². The Bertz CT molecular complexity index is 1180. The first-order valence-electron chi connectivity index (χ1n) is 12.6. The second-order valence-electron chi connectivity index (χ2n) is 9.53. The van der Waals surface area contributed by atoms with E-state index in [9.17, 15) is 24.6 Å². The van der Waals surface area contributed by atoms with E-state index in [4.69, 9.17) is 4.74 Å². The Balaban J connectivity index is 1.40. The molecule has 2 aliphatic rings. The first-order valence-corrected chi connectivity index (χ1v) is 12.6. The van der Waals surface area contributed by atoms with E-state index in [1.54, 1.807) is 11.9 Å². The largest absolute Gasteiger partial charge is 0.507 e. The Morgan fingerprint density at radius 2 is 1.81 bits per heavy atom. The minimum absolute atomic E-state index is 0.0154. The SMILES string of the molecule is CCCCN(C)C(=O)c1cc(C(=O)N2Cc3ccc(OCCN4CCNC(=O)C4)cc3C2)c(O)cc1O. The summed E-state index contributed by atoms with van der Waals surface area (Å²) in [6, 6.07) is 8.00. The Morgan fingerprint density at radius 3 is 2.57 bits per heavy atom. The number of rotatable bonds is 9. The fourth-order valence-corrected chi connectivity index (χ4v) is 4.57. The zero-order valence-electron chi connectivity index (χ0n) is 21.3. The third-order valence-corrected chi connectivity index (χ3v) is 6.75. The van der Waals surface area contributed by atoms with E-state index < -0.39 is 11.8 Å². The number of hydrogen-bond donors (Lipinski definition) is 3. The average Bonchev–Trinajstić information content (AvgIpc) is 3.30. The summed E-state index contributed by atoms with van der Waals surface area (Å²) < 4.78 is 5.89. The molecule has 2 heterocycles. The standard InChI is InChI=1S/C27H34N4O6/c1-3-4-8-29(2)26(35)21-13-22(24(33)14-23(21)32)27(36)31-15-18-5-6-20(12-19(18)16-31)37-11-10-30-9-7-28-25(34)17-30/h5-6,12-14,32-33H,3-4,7-11,15-17H2,1-2H3,(H,28,34). The number of piperazine rings is 1. The van der Waals surface area contributed by atoms with Crippen LogP contribution in [0.25, 0.3) is 0 Å². The van der Waals surface area contributed by atoms with Gasteiger partial charge in [-0.25, -0.2) is 0 Å². The molecule has 4 rings (SSSR count). The van der Waals surface area contributed by atoms with Gasteiger partial charge in [-0.2, -0.15) is 0 Å². The second kappa shape index (κ2) is 11.5. The van der Waals surface area contributed by atoms with Gasteiger partial charge in [0, 0.05) is 52.4 Å². The highest BCUT2D eigenvalue weighted by atomic mass is 16.5. The van der Waals surface area contributed by atoms with Gasteiger partial charge in [-0.3, -0.25) is 19.3 Å². The molecule has 0 unspecified atom stereocenters. The lowest BCUT2D eigenvalue weighted by molar-refractivity contribution is -0.124. The fraction of sp³-hybridized carbons (Fsp3) is 0.444. The molecule has 2 aliphatic heterocycles. The highest BCUT2D eigenvalue weighted by Crippen LogP contribution is 2.33. The van der Waals surface area contributed by atoms with Gasteiger partial charge in [-0.15, -0.1) is 0 Å². The zero-order chi connectivity index (χ0) is 26.5. The van der Waals surface area contributed by atoms with Crippen LogP contribution in [0.15, 0.2) is 30.3 Å². The highest BCUT2D eigenvalue weighted by molar-refractivity contribution is 6.03. The number of phenols is 2. The minimum Gasteiger partial charge on any atom is -0.507 e. The van der Waals surface area contributed by atoms with Crippen LogP contribution in [0.1, 0.15) is 51.6 Å². The summed E-state index contributed by atoms with van der Waals surface area (Å²) in [5, 5.41) is 23.5. The van der Waals surface area contributed by atoms with Gasteiger partial charge in [-0.1, -0.05) is 19.4 Å². The highest BCUT2D eigenvalue weighted by Gasteiger charge is 2.28. The van der Waals surface area contributed by atoms with Gasteiger partial charge < -0.3 is 30.1 Å². The first-order chi connectivity index (χ1) is 17.8. The van der Waals surface area contributed by atoms with Crippen LogP contribution in [0.4, 0.5) is 0 Å².